The number of halogens is 2. The van der Waals surface area contributed by atoms with Gasteiger partial charge in [0.15, 0.2) is 0 Å². The fourth-order valence-corrected chi connectivity index (χ4v) is 8.85. The maximum atomic E-state index is 14.5. The van der Waals surface area contributed by atoms with Gasteiger partial charge in [-0.05, 0) is 105 Å². The van der Waals surface area contributed by atoms with Crippen LogP contribution in [0.2, 0.25) is 5.02 Å². The monoisotopic (exact) mass is 796 g/mol. The van der Waals surface area contributed by atoms with Gasteiger partial charge in [-0.15, -0.1) is 0 Å². The zero-order valence-electron chi connectivity index (χ0n) is 33.6. The minimum atomic E-state index is -0.864. The van der Waals surface area contributed by atoms with Crippen LogP contribution in [0.4, 0.5) is 4.39 Å². The first kappa shape index (κ1) is 39.1. The molecule has 5 heterocycles. The van der Waals surface area contributed by atoms with Crippen molar-refractivity contribution < 1.29 is 28.1 Å². The molecule has 3 aromatic carbocycles. The van der Waals surface area contributed by atoms with E-state index in [0.717, 1.165) is 92.8 Å². The minimum Gasteiger partial charge on any atom is -0.493 e. The fourth-order valence-electron chi connectivity index (χ4n) is 8.60. The van der Waals surface area contributed by atoms with Gasteiger partial charge in [-0.3, -0.25) is 14.3 Å². The van der Waals surface area contributed by atoms with Crippen molar-refractivity contribution in [3.8, 4) is 16.9 Å². The van der Waals surface area contributed by atoms with Gasteiger partial charge >= 0.3 is 5.97 Å². The third-order valence-corrected chi connectivity index (χ3v) is 12.2. The Morgan fingerprint density at radius 2 is 1.77 bits per heavy atom. The van der Waals surface area contributed by atoms with E-state index in [1.807, 2.05) is 60.1 Å². The Morgan fingerprint density at radius 3 is 2.56 bits per heavy atom. The lowest BCUT2D eigenvalue weighted by Gasteiger charge is -2.33. The molecular weight excluding hydrogens is 747 g/mol. The quantitative estimate of drug-likeness (QED) is 0.167. The highest BCUT2D eigenvalue weighted by atomic mass is 35.5. The Morgan fingerprint density at radius 1 is 0.965 bits per heavy atom. The standard InChI is InChI=1S/C44H50ClFN6O5/c1-27-38-36-13-12-35(45)40(38)39-28(2)49(4)48-42(39)44(3,14-16-51-17-20-55-21-18-51)57-26-32-25-33(50(5)47-32)10-8-29-22-30-24-31(46)9-11-34(30)37(23-29)56-19-7-15-52(36)41(27)43(53)54-6/h9,11-13,22-25H,7-8,10,14-21,26H2,1-6H3. The number of fused-ring (bicyclic) bond motifs is 8. The van der Waals surface area contributed by atoms with E-state index in [0.29, 0.717) is 62.1 Å². The molecule has 3 aromatic heterocycles. The second kappa shape index (κ2) is 15.9. The third kappa shape index (κ3) is 7.44. The smallest absolute Gasteiger partial charge is 0.354 e. The highest BCUT2D eigenvalue weighted by Crippen LogP contribution is 2.46. The van der Waals surface area contributed by atoms with Gasteiger partial charge in [-0.2, -0.15) is 10.2 Å². The molecule has 2 aliphatic rings. The molecule has 0 saturated carbocycles. The van der Waals surface area contributed by atoms with Crippen LogP contribution in [0.3, 0.4) is 0 Å². The van der Waals surface area contributed by atoms with Gasteiger partial charge < -0.3 is 23.5 Å². The Kier molecular flexibility index (Phi) is 10.9. The number of aromatic nitrogens is 5. The van der Waals surface area contributed by atoms with E-state index < -0.39 is 11.6 Å². The molecule has 0 amide bonds. The molecular formula is C44H50ClFN6O5. The van der Waals surface area contributed by atoms with Crippen molar-refractivity contribution in [2.45, 2.75) is 65.2 Å². The molecule has 1 atom stereocenters. The van der Waals surface area contributed by atoms with Crippen LogP contribution in [0.15, 0.2) is 48.5 Å². The Bertz CT molecular complexity index is 2480. The summed E-state index contributed by atoms with van der Waals surface area (Å²) >= 11 is 7.27. The first-order valence-corrected chi connectivity index (χ1v) is 20.1. The summed E-state index contributed by atoms with van der Waals surface area (Å²) in [6, 6.07) is 14.8. The third-order valence-electron chi connectivity index (χ3n) is 11.9. The van der Waals surface area contributed by atoms with Gasteiger partial charge in [0.2, 0.25) is 0 Å². The first-order valence-electron chi connectivity index (χ1n) is 19.7. The molecule has 0 radical (unpaired) electrons. The van der Waals surface area contributed by atoms with Crippen LogP contribution >= 0.6 is 11.6 Å². The summed E-state index contributed by atoms with van der Waals surface area (Å²) in [5.41, 5.74) is 7.50. The number of rotatable bonds is 4. The first-order chi connectivity index (χ1) is 27.5. The van der Waals surface area contributed by atoms with Crippen LogP contribution in [0.25, 0.3) is 32.8 Å². The number of benzene rings is 3. The number of aryl methyl sites for hydroxylation is 6. The number of esters is 1. The van der Waals surface area contributed by atoms with Crippen molar-refractivity contribution in [3.05, 3.63) is 99.0 Å². The topological polar surface area (TPSA) is 97.8 Å². The van der Waals surface area contributed by atoms with Gasteiger partial charge in [-0.1, -0.05) is 17.7 Å². The van der Waals surface area contributed by atoms with Crippen molar-refractivity contribution in [1.29, 1.82) is 0 Å². The molecule has 300 valence electrons. The van der Waals surface area contributed by atoms with Crippen molar-refractivity contribution in [1.82, 2.24) is 29.0 Å². The van der Waals surface area contributed by atoms with E-state index in [9.17, 15) is 9.18 Å². The average molecular weight is 797 g/mol. The summed E-state index contributed by atoms with van der Waals surface area (Å²) in [5.74, 6) is -0.0359. The van der Waals surface area contributed by atoms with Crippen molar-refractivity contribution in [3.63, 3.8) is 0 Å². The summed E-state index contributed by atoms with van der Waals surface area (Å²) in [6.07, 6.45) is 2.66. The number of ether oxygens (including phenoxy) is 4. The molecule has 13 heteroatoms. The minimum absolute atomic E-state index is 0.260. The maximum absolute atomic E-state index is 14.5. The van der Waals surface area contributed by atoms with Gasteiger partial charge in [0, 0.05) is 84.1 Å². The number of morpholine rings is 1. The van der Waals surface area contributed by atoms with Crippen molar-refractivity contribution in [2.75, 3.05) is 46.6 Å². The number of hydrogen-bond donors (Lipinski definition) is 0. The largest absolute Gasteiger partial charge is 0.493 e. The van der Waals surface area contributed by atoms with Gasteiger partial charge in [-0.25, -0.2) is 9.18 Å². The Labute approximate surface area is 337 Å². The summed E-state index contributed by atoms with van der Waals surface area (Å²) < 4.78 is 44.9. The van der Waals surface area contributed by atoms with Crippen molar-refractivity contribution in [2.24, 2.45) is 14.1 Å². The van der Waals surface area contributed by atoms with Gasteiger partial charge in [0.1, 0.15) is 28.6 Å². The molecule has 2 aliphatic heterocycles. The SMILES string of the molecule is COC(=O)c1c(C)c2c3c(Cl)ccc2n1CCCOc1cc(cc2cc(F)ccc12)CCc1cc(nn1C)COC(C)(CCN1CCOCC1)c1nn(C)c(C)c1-3. The fraction of sp³-hybridized carbons (Fsp3) is 0.432. The molecule has 0 spiro atoms. The summed E-state index contributed by atoms with van der Waals surface area (Å²) in [4.78, 5) is 16.0. The number of hydrogen-bond acceptors (Lipinski definition) is 8. The molecule has 1 fully saturated rings. The molecule has 11 nitrogen and oxygen atoms in total. The molecule has 6 aromatic rings. The molecule has 8 bridgehead atoms. The highest BCUT2D eigenvalue weighted by Gasteiger charge is 2.38. The summed E-state index contributed by atoms with van der Waals surface area (Å²) in [5, 5.41) is 13.1. The molecule has 1 unspecified atom stereocenters. The van der Waals surface area contributed by atoms with Crippen LogP contribution in [-0.2, 0) is 59.9 Å². The normalized spacial score (nSPS) is 18.4. The predicted molar refractivity (Wildman–Crippen MR) is 219 cm³/mol. The number of methoxy groups -OCH3 is 1. The lowest BCUT2D eigenvalue weighted by atomic mass is 9.88. The average Bonchev–Trinajstić information content (AvgIpc) is 3.82. The van der Waals surface area contributed by atoms with E-state index in [-0.39, 0.29) is 12.4 Å². The van der Waals surface area contributed by atoms with E-state index in [1.165, 1.54) is 13.2 Å². The highest BCUT2D eigenvalue weighted by molar-refractivity contribution is 6.35. The molecule has 8 rings (SSSR count). The van der Waals surface area contributed by atoms with Crippen LogP contribution in [0.1, 0.15) is 64.2 Å². The Balaban J connectivity index is 1.30. The van der Waals surface area contributed by atoms with Gasteiger partial charge in [0.05, 0.1) is 39.2 Å². The van der Waals surface area contributed by atoms with Crippen molar-refractivity contribution >= 4 is 39.2 Å². The van der Waals surface area contributed by atoms with E-state index in [2.05, 4.69) is 24.0 Å². The van der Waals surface area contributed by atoms with Gasteiger partial charge in [0.25, 0.3) is 0 Å². The number of carbonyl (C=O) groups is 1. The van der Waals surface area contributed by atoms with Crippen LogP contribution in [-0.4, -0.2) is 81.6 Å². The predicted octanol–water partition coefficient (Wildman–Crippen LogP) is 7.85. The number of carbonyl (C=O) groups excluding carboxylic acids is 1. The Hall–Kier alpha value is -4.75. The van der Waals surface area contributed by atoms with Crippen LogP contribution < -0.4 is 4.74 Å². The van der Waals surface area contributed by atoms with E-state index in [1.54, 1.807) is 12.1 Å². The molecule has 0 N–H and O–H groups in total. The second-order valence-electron chi connectivity index (χ2n) is 15.5. The lowest BCUT2D eigenvalue weighted by Crippen LogP contribution is -2.40. The number of nitrogens with zero attached hydrogens (tertiary/aromatic N) is 6. The van der Waals surface area contributed by atoms with E-state index in [4.69, 9.17) is 40.7 Å². The molecule has 57 heavy (non-hydrogen) atoms. The zero-order chi connectivity index (χ0) is 40.0. The molecule has 0 aliphatic carbocycles. The maximum Gasteiger partial charge on any atom is 0.354 e. The second-order valence-corrected chi connectivity index (χ2v) is 15.9. The van der Waals surface area contributed by atoms with Crippen LogP contribution in [0, 0.1) is 19.7 Å². The summed E-state index contributed by atoms with van der Waals surface area (Å²) in [6.45, 7) is 11.1. The molecule has 1 saturated heterocycles. The van der Waals surface area contributed by atoms with Crippen LogP contribution in [0.5, 0.6) is 5.75 Å². The summed E-state index contributed by atoms with van der Waals surface area (Å²) in [7, 11) is 5.31. The zero-order valence-corrected chi connectivity index (χ0v) is 34.3. The van der Waals surface area contributed by atoms with E-state index >= 15 is 0 Å². The lowest BCUT2D eigenvalue weighted by molar-refractivity contribution is -0.0676.